The molecule has 1 spiro atoms. The minimum absolute atomic E-state index is 0.0456. The standard InChI is InChI=1S/C17H24FNO/c1-12-6-8-17(9-7-12)11-19-13(2)16(20-17)14-4-3-5-15(18)10-14/h3-5,10,12-13,16,19H,6-9,11H2,1-2H3. The molecule has 3 heteroatoms. The van der Waals surface area contributed by atoms with E-state index in [1.165, 1.54) is 18.9 Å². The summed E-state index contributed by atoms with van der Waals surface area (Å²) in [4.78, 5) is 0. The Morgan fingerprint density at radius 2 is 2.00 bits per heavy atom. The van der Waals surface area contributed by atoms with Crippen LogP contribution in [0.25, 0.3) is 0 Å². The van der Waals surface area contributed by atoms with Gasteiger partial charge < -0.3 is 10.1 Å². The molecular weight excluding hydrogens is 253 g/mol. The fourth-order valence-electron chi connectivity index (χ4n) is 3.49. The molecule has 0 amide bonds. The summed E-state index contributed by atoms with van der Waals surface area (Å²) < 4.78 is 19.9. The van der Waals surface area contributed by atoms with Gasteiger partial charge in [-0.2, -0.15) is 0 Å². The summed E-state index contributed by atoms with van der Waals surface area (Å²) in [5.74, 6) is 0.617. The van der Waals surface area contributed by atoms with Gasteiger partial charge in [-0.1, -0.05) is 19.1 Å². The lowest BCUT2D eigenvalue weighted by atomic mass is 9.78. The number of rotatable bonds is 1. The molecule has 2 nitrogen and oxygen atoms in total. The molecule has 0 bridgehead atoms. The van der Waals surface area contributed by atoms with E-state index >= 15 is 0 Å². The maximum atomic E-state index is 13.5. The summed E-state index contributed by atoms with van der Waals surface area (Å²) in [6.07, 6.45) is 4.63. The molecule has 20 heavy (non-hydrogen) atoms. The van der Waals surface area contributed by atoms with E-state index in [1.54, 1.807) is 12.1 Å². The van der Waals surface area contributed by atoms with Crippen molar-refractivity contribution in [3.63, 3.8) is 0 Å². The van der Waals surface area contributed by atoms with Crippen LogP contribution in [0, 0.1) is 11.7 Å². The average Bonchev–Trinajstić information content (AvgIpc) is 2.45. The van der Waals surface area contributed by atoms with E-state index in [4.69, 9.17) is 4.74 Å². The lowest BCUT2D eigenvalue weighted by Gasteiger charge is -2.48. The number of hydrogen-bond acceptors (Lipinski definition) is 2. The minimum Gasteiger partial charge on any atom is -0.364 e. The first-order valence-corrected chi connectivity index (χ1v) is 7.75. The molecular formula is C17H24FNO. The van der Waals surface area contributed by atoms with Crippen LogP contribution in [0.1, 0.15) is 51.2 Å². The van der Waals surface area contributed by atoms with E-state index in [0.29, 0.717) is 0 Å². The molecule has 1 heterocycles. The second-order valence-electron chi connectivity index (χ2n) is 6.63. The molecule has 2 fully saturated rings. The van der Waals surface area contributed by atoms with Gasteiger partial charge in [-0.05, 0) is 56.2 Å². The molecule has 1 aromatic rings. The average molecular weight is 277 g/mol. The van der Waals surface area contributed by atoms with Crippen molar-refractivity contribution in [2.45, 2.75) is 57.3 Å². The molecule has 1 saturated carbocycles. The summed E-state index contributed by atoms with van der Waals surface area (Å²) >= 11 is 0. The topological polar surface area (TPSA) is 21.3 Å². The Morgan fingerprint density at radius 1 is 1.25 bits per heavy atom. The third-order valence-corrected chi connectivity index (χ3v) is 4.94. The second kappa shape index (κ2) is 5.45. The maximum Gasteiger partial charge on any atom is 0.123 e. The number of nitrogens with one attached hydrogen (secondary N) is 1. The third kappa shape index (κ3) is 2.75. The minimum atomic E-state index is -0.185. The van der Waals surface area contributed by atoms with Crippen LogP contribution >= 0.6 is 0 Å². The van der Waals surface area contributed by atoms with E-state index in [-0.39, 0.29) is 23.6 Å². The zero-order valence-electron chi connectivity index (χ0n) is 12.4. The van der Waals surface area contributed by atoms with Gasteiger partial charge in [0.15, 0.2) is 0 Å². The van der Waals surface area contributed by atoms with Crippen LogP contribution in [0.15, 0.2) is 24.3 Å². The summed E-state index contributed by atoms with van der Waals surface area (Å²) in [5, 5.41) is 3.58. The number of hydrogen-bond donors (Lipinski definition) is 1. The van der Waals surface area contributed by atoms with Crippen molar-refractivity contribution in [3.8, 4) is 0 Å². The first kappa shape index (κ1) is 14.0. The summed E-state index contributed by atoms with van der Waals surface area (Å²) in [5.41, 5.74) is 0.901. The van der Waals surface area contributed by atoms with Gasteiger partial charge in [0, 0.05) is 12.6 Å². The van der Waals surface area contributed by atoms with Crippen LogP contribution in [-0.4, -0.2) is 18.2 Å². The molecule has 1 saturated heterocycles. The summed E-state index contributed by atoms with van der Waals surface area (Å²) in [7, 11) is 0. The van der Waals surface area contributed by atoms with Gasteiger partial charge in [0.25, 0.3) is 0 Å². The monoisotopic (exact) mass is 277 g/mol. The van der Waals surface area contributed by atoms with E-state index < -0.39 is 0 Å². The van der Waals surface area contributed by atoms with Gasteiger partial charge in [-0.3, -0.25) is 0 Å². The van der Waals surface area contributed by atoms with Crippen molar-refractivity contribution in [2.24, 2.45) is 5.92 Å². The molecule has 0 radical (unpaired) electrons. The van der Waals surface area contributed by atoms with E-state index in [2.05, 4.69) is 19.2 Å². The fraction of sp³-hybridized carbons (Fsp3) is 0.647. The van der Waals surface area contributed by atoms with Crippen molar-refractivity contribution in [1.29, 1.82) is 0 Å². The Labute approximate surface area is 120 Å². The van der Waals surface area contributed by atoms with E-state index in [1.807, 2.05) is 6.07 Å². The van der Waals surface area contributed by atoms with Crippen LogP contribution in [0.3, 0.4) is 0 Å². The van der Waals surface area contributed by atoms with Gasteiger partial charge in [0.05, 0.1) is 11.7 Å². The SMILES string of the molecule is CC1CCC2(CC1)CNC(C)C(c1cccc(F)c1)O2. The van der Waals surface area contributed by atoms with Gasteiger partial charge in [-0.25, -0.2) is 4.39 Å². The predicted molar refractivity (Wildman–Crippen MR) is 78.1 cm³/mol. The molecule has 1 aliphatic carbocycles. The zero-order valence-corrected chi connectivity index (χ0v) is 12.4. The molecule has 0 aromatic heterocycles. The summed E-state index contributed by atoms with van der Waals surface area (Å²) in [6, 6.07) is 7.05. The summed E-state index contributed by atoms with van der Waals surface area (Å²) in [6.45, 7) is 5.36. The highest BCUT2D eigenvalue weighted by Crippen LogP contribution is 2.41. The highest BCUT2D eigenvalue weighted by Gasteiger charge is 2.42. The highest BCUT2D eigenvalue weighted by molar-refractivity contribution is 5.21. The third-order valence-electron chi connectivity index (χ3n) is 4.94. The first-order valence-electron chi connectivity index (χ1n) is 7.75. The quantitative estimate of drug-likeness (QED) is 0.842. The molecule has 1 aliphatic heterocycles. The second-order valence-corrected chi connectivity index (χ2v) is 6.63. The van der Waals surface area contributed by atoms with Crippen LogP contribution in [0.2, 0.25) is 0 Å². The van der Waals surface area contributed by atoms with Gasteiger partial charge in [0.2, 0.25) is 0 Å². The van der Waals surface area contributed by atoms with Crippen LogP contribution in [-0.2, 0) is 4.74 Å². The predicted octanol–water partition coefficient (Wildman–Crippen LogP) is 3.82. The van der Waals surface area contributed by atoms with E-state index in [9.17, 15) is 4.39 Å². The molecule has 2 aliphatic rings. The fourth-order valence-corrected chi connectivity index (χ4v) is 3.49. The van der Waals surface area contributed by atoms with Crippen molar-refractivity contribution < 1.29 is 9.13 Å². The molecule has 1 N–H and O–H groups in total. The molecule has 1 aromatic carbocycles. The van der Waals surface area contributed by atoms with Crippen LogP contribution in [0.5, 0.6) is 0 Å². The normalized spacial score (nSPS) is 38.0. The Hall–Kier alpha value is -0.930. The Kier molecular flexibility index (Phi) is 3.83. The smallest absolute Gasteiger partial charge is 0.123 e. The lowest BCUT2D eigenvalue weighted by Crippen LogP contribution is -2.56. The molecule has 3 rings (SSSR count). The van der Waals surface area contributed by atoms with Gasteiger partial charge in [-0.15, -0.1) is 0 Å². The molecule has 2 atom stereocenters. The molecule has 110 valence electrons. The van der Waals surface area contributed by atoms with Crippen molar-refractivity contribution in [3.05, 3.63) is 35.6 Å². The maximum absolute atomic E-state index is 13.5. The Bertz CT molecular complexity index is 462. The van der Waals surface area contributed by atoms with Gasteiger partial charge in [0.1, 0.15) is 5.82 Å². The number of benzene rings is 1. The number of morpholine rings is 1. The Morgan fingerprint density at radius 3 is 2.70 bits per heavy atom. The Balaban J connectivity index is 1.80. The highest BCUT2D eigenvalue weighted by atomic mass is 19.1. The first-order chi connectivity index (χ1) is 9.58. The van der Waals surface area contributed by atoms with Gasteiger partial charge >= 0.3 is 0 Å². The number of ether oxygens (including phenoxy) is 1. The van der Waals surface area contributed by atoms with Crippen molar-refractivity contribution in [2.75, 3.05) is 6.54 Å². The lowest BCUT2D eigenvalue weighted by molar-refractivity contribution is -0.155. The van der Waals surface area contributed by atoms with Crippen LogP contribution < -0.4 is 5.32 Å². The molecule has 2 unspecified atom stereocenters. The van der Waals surface area contributed by atoms with Crippen molar-refractivity contribution >= 4 is 0 Å². The van der Waals surface area contributed by atoms with Crippen molar-refractivity contribution in [1.82, 2.24) is 5.32 Å². The van der Waals surface area contributed by atoms with E-state index in [0.717, 1.165) is 30.9 Å². The largest absolute Gasteiger partial charge is 0.364 e. The zero-order chi connectivity index (χ0) is 14.2. The number of halogens is 1. The van der Waals surface area contributed by atoms with Crippen LogP contribution in [0.4, 0.5) is 4.39 Å².